The first-order valence-electron chi connectivity index (χ1n) is 6.51. The van der Waals surface area contributed by atoms with E-state index in [9.17, 15) is 4.79 Å². The molecule has 1 aliphatic heterocycles. The van der Waals surface area contributed by atoms with Gasteiger partial charge in [-0.3, -0.25) is 4.79 Å². The summed E-state index contributed by atoms with van der Waals surface area (Å²) in [6.45, 7) is 6.62. The second-order valence-electron chi connectivity index (χ2n) is 4.80. The number of thioether (sulfide) groups is 1. The van der Waals surface area contributed by atoms with Crippen LogP contribution in [0.4, 0.5) is 0 Å². The summed E-state index contributed by atoms with van der Waals surface area (Å²) in [6.07, 6.45) is 0. The van der Waals surface area contributed by atoms with Gasteiger partial charge >= 0.3 is 0 Å². The Balaban J connectivity index is 1.96. The van der Waals surface area contributed by atoms with Crippen LogP contribution in [0.15, 0.2) is 29.2 Å². The van der Waals surface area contributed by atoms with Crippen LogP contribution >= 0.6 is 23.4 Å². The van der Waals surface area contributed by atoms with Crippen LogP contribution in [-0.4, -0.2) is 41.7 Å². The summed E-state index contributed by atoms with van der Waals surface area (Å²) in [6, 6.07) is 7.90. The van der Waals surface area contributed by atoms with Crippen molar-refractivity contribution in [2.75, 3.05) is 19.6 Å². The fourth-order valence-corrected chi connectivity index (χ4v) is 3.23. The molecule has 0 radical (unpaired) electrons. The van der Waals surface area contributed by atoms with Crippen LogP contribution in [0, 0.1) is 0 Å². The molecular weight excluding hydrogens is 280 g/mol. The van der Waals surface area contributed by atoms with E-state index < -0.39 is 0 Å². The molecule has 1 saturated heterocycles. The van der Waals surface area contributed by atoms with Crippen molar-refractivity contribution in [2.24, 2.45) is 0 Å². The Hall–Kier alpha value is -0.710. The zero-order chi connectivity index (χ0) is 13.8. The monoisotopic (exact) mass is 298 g/mol. The van der Waals surface area contributed by atoms with Gasteiger partial charge in [-0.2, -0.15) is 0 Å². The largest absolute Gasteiger partial charge is 0.336 e. The van der Waals surface area contributed by atoms with Gasteiger partial charge in [0.1, 0.15) is 0 Å². The number of piperazine rings is 1. The summed E-state index contributed by atoms with van der Waals surface area (Å²) in [5.74, 6) is 0.217. The van der Waals surface area contributed by atoms with Crippen LogP contribution in [0.5, 0.6) is 0 Å². The molecule has 5 heteroatoms. The average Bonchev–Trinajstić information content (AvgIpc) is 2.41. The predicted molar refractivity (Wildman–Crippen MR) is 80.8 cm³/mol. The molecule has 2 rings (SSSR count). The van der Waals surface area contributed by atoms with Crippen LogP contribution in [0.2, 0.25) is 5.02 Å². The van der Waals surface area contributed by atoms with E-state index in [-0.39, 0.29) is 17.2 Å². The van der Waals surface area contributed by atoms with Crippen LogP contribution < -0.4 is 5.32 Å². The number of benzene rings is 1. The van der Waals surface area contributed by atoms with Gasteiger partial charge in [-0.05, 0) is 38.1 Å². The Kier molecular flexibility index (Phi) is 5.13. The molecule has 1 aromatic carbocycles. The van der Waals surface area contributed by atoms with E-state index in [1.807, 2.05) is 36.1 Å². The van der Waals surface area contributed by atoms with Crippen molar-refractivity contribution in [3.8, 4) is 0 Å². The molecule has 104 valence electrons. The fraction of sp³-hybridized carbons (Fsp3) is 0.500. The quantitative estimate of drug-likeness (QED) is 0.871. The Bertz CT molecular complexity index is 438. The Morgan fingerprint density at radius 3 is 2.79 bits per heavy atom. The number of hydrogen-bond acceptors (Lipinski definition) is 3. The number of hydrogen-bond donors (Lipinski definition) is 1. The van der Waals surface area contributed by atoms with E-state index in [4.69, 9.17) is 11.6 Å². The molecule has 1 amide bonds. The second-order valence-corrected chi connectivity index (χ2v) is 6.65. The van der Waals surface area contributed by atoms with Crippen LogP contribution in [-0.2, 0) is 4.79 Å². The molecule has 0 spiro atoms. The van der Waals surface area contributed by atoms with E-state index in [1.54, 1.807) is 11.8 Å². The van der Waals surface area contributed by atoms with Crippen molar-refractivity contribution in [2.45, 2.75) is 30.0 Å². The third-order valence-electron chi connectivity index (χ3n) is 3.26. The van der Waals surface area contributed by atoms with Gasteiger partial charge in [0.25, 0.3) is 0 Å². The summed E-state index contributed by atoms with van der Waals surface area (Å²) in [5, 5.41) is 3.95. The molecule has 19 heavy (non-hydrogen) atoms. The highest BCUT2D eigenvalue weighted by Gasteiger charge is 2.27. The topological polar surface area (TPSA) is 32.3 Å². The Morgan fingerprint density at radius 2 is 2.16 bits per heavy atom. The van der Waals surface area contributed by atoms with E-state index in [1.165, 1.54) is 0 Å². The normalized spacial score (nSPS) is 21.2. The molecule has 0 aliphatic carbocycles. The number of carbonyl (C=O) groups excluding carboxylic acids is 1. The zero-order valence-electron chi connectivity index (χ0n) is 11.2. The van der Waals surface area contributed by atoms with Crippen molar-refractivity contribution in [3.63, 3.8) is 0 Å². The molecule has 1 heterocycles. The van der Waals surface area contributed by atoms with E-state index in [2.05, 4.69) is 12.2 Å². The van der Waals surface area contributed by atoms with Gasteiger partial charge in [-0.25, -0.2) is 0 Å². The minimum atomic E-state index is -0.0678. The van der Waals surface area contributed by atoms with Crippen molar-refractivity contribution < 1.29 is 4.79 Å². The molecule has 0 aromatic heterocycles. The van der Waals surface area contributed by atoms with Gasteiger partial charge in [0, 0.05) is 35.6 Å². The second kappa shape index (κ2) is 6.64. The summed E-state index contributed by atoms with van der Waals surface area (Å²) in [4.78, 5) is 15.5. The van der Waals surface area contributed by atoms with Crippen molar-refractivity contribution in [1.82, 2.24) is 10.2 Å². The predicted octanol–water partition coefficient (Wildman–Crippen LogP) is 2.64. The molecule has 1 aliphatic rings. The highest BCUT2D eigenvalue weighted by Crippen LogP contribution is 2.26. The molecule has 1 aromatic rings. The van der Waals surface area contributed by atoms with E-state index in [0.717, 1.165) is 29.6 Å². The lowest BCUT2D eigenvalue weighted by molar-refractivity contribution is -0.133. The maximum Gasteiger partial charge on any atom is 0.236 e. The summed E-state index contributed by atoms with van der Waals surface area (Å²) < 4.78 is 0. The van der Waals surface area contributed by atoms with Crippen LogP contribution in [0.3, 0.4) is 0 Å². The van der Waals surface area contributed by atoms with Crippen molar-refractivity contribution in [1.29, 1.82) is 0 Å². The lowest BCUT2D eigenvalue weighted by Crippen LogP contribution is -2.54. The third kappa shape index (κ3) is 3.88. The third-order valence-corrected chi connectivity index (χ3v) is 4.61. The summed E-state index contributed by atoms with van der Waals surface area (Å²) in [7, 11) is 0. The first-order chi connectivity index (χ1) is 9.08. The lowest BCUT2D eigenvalue weighted by atomic mass is 10.2. The van der Waals surface area contributed by atoms with Crippen LogP contribution in [0.25, 0.3) is 0 Å². The highest BCUT2D eigenvalue weighted by molar-refractivity contribution is 8.00. The van der Waals surface area contributed by atoms with Crippen molar-refractivity contribution in [3.05, 3.63) is 29.3 Å². The first kappa shape index (κ1) is 14.7. The first-order valence-corrected chi connectivity index (χ1v) is 7.77. The minimum Gasteiger partial charge on any atom is -0.336 e. The molecule has 1 fully saturated rings. The number of halogens is 1. The minimum absolute atomic E-state index is 0.0678. The number of carbonyl (C=O) groups is 1. The van der Waals surface area contributed by atoms with Gasteiger partial charge in [0.05, 0.1) is 5.25 Å². The fourth-order valence-electron chi connectivity index (χ4n) is 2.17. The molecule has 2 unspecified atom stereocenters. The molecule has 3 nitrogen and oxygen atoms in total. The smallest absolute Gasteiger partial charge is 0.236 e. The SMILES string of the molecule is CC(Sc1ccc(Cl)cc1)C(=O)N1CCNCC1C. The number of nitrogens with zero attached hydrogens (tertiary/aromatic N) is 1. The van der Waals surface area contributed by atoms with E-state index >= 15 is 0 Å². The van der Waals surface area contributed by atoms with Crippen LogP contribution in [0.1, 0.15) is 13.8 Å². The zero-order valence-corrected chi connectivity index (χ0v) is 12.8. The molecule has 2 atom stereocenters. The number of rotatable bonds is 3. The molecule has 0 saturated carbocycles. The maximum atomic E-state index is 12.4. The lowest BCUT2D eigenvalue weighted by Gasteiger charge is -2.35. The van der Waals surface area contributed by atoms with E-state index in [0.29, 0.717) is 0 Å². The van der Waals surface area contributed by atoms with Gasteiger partial charge < -0.3 is 10.2 Å². The highest BCUT2D eigenvalue weighted by atomic mass is 35.5. The maximum absolute atomic E-state index is 12.4. The Morgan fingerprint density at radius 1 is 1.47 bits per heavy atom. The standard InChI is InChI=1S/C14H19ClN2OS/c1-10-9-16-7-8-17(10)14(18)11(2)19-13-5-3-12(15)4-6-13/h3-6,10-11,16H,7-9H2,1-2H3. The average molecular weight is 299 g/mol. The summed E-state index contributed by atoms with van der Waals surface area (Å²) >= 11 is 7.45. The molecule has 0 bridgehead atoms. The Labute approximate surface area is 123 Å². The molecule has 1 N–H and O–H groups in total. The van der Waals surface area contributed by atoms with Crippen molar-refractivity contribution >= 4 is 29.3 Å². The van der Waals surface area contributed by atoms with Gasteiger partial charge in [-0.1, -0.05) is 11.6 Å². The number of nitrogens with one attached hydrogen (secondary N) is 1. The van der Waals surface area contributed by atoms with Gasteiger partial charge in [0.2, 0.25) is 5.91 Å². The van der Waals surface area contributed by atoms with Gasteiger partial charge in [-0.15, -0.1) is 11.8 Å². The summed E-state index contributed by atoms with van der Waals surface area (Å²) in [5.41, 5.74) is 0. The molecular formula is C14H19ClN2OS. The number of amides is 1. The van der Waals surface area contributed by atoms with Gasteiger partial charge in [0.15, 0.2) is 0 Å².